The Kier molecular flexibility index (Phi) is 37.4. The molecule has 1 heterocycles. The second kappa shape index (κ2) is 41.2. The quantitative estimate of drug-likeness (QED) is 0.0276. The fourth-order valence-corrected chi connectivity index (χ4v) is 11.1. The van der Waals surface area contributed by atoms with Crippen molar-refractivity contribution in [2.24, 2.45) is 0 Å². The number of benzene rings is 2. The fourth-order valence-electron chi connectivity index (χ4n) is 9.66. The first kappa shape index (κ1) is 61.7. The summed E-state index contributed by atoms with van der Waals surface area (Å²) < 4.78 is 1.56. The Bertz CT molecular complexity index is 1680. The minimum atomic E-state index is 0.865. The molecular formula is C65H108N2Ni. The van der Waals surface area contributed by atoms with E-state index in [1.165, 1.54) is 226 Å². The number of rotatable bonds is 39. The van der Waals surface area contributed by atoms with E-state index in [0.29, 0.717) is 0 Å². The van der Waals surface area contributed by atoms with Gasteiger partial charge in [-0.05, 0) is 141 Å². The van der Waals surface area contributed by atoms with Gasteiger partial charge in [0.15, 0.2) is 0 Å². The van der Waals surface area contributed by atoms with Gasteiger partial charge in [-0.2, -0.15) is 0 Å². The molecule has 0 bridgehead atoms. The number of allylic oxidation sites excluding steroid dienone is 2. The molecule has 1 aliphatic heterocycles. The van der Waals surface area contributed by atoms with Crippen molar-refractivity contribution in [2.75, 3.05) is 0 Å². The molecule has 0 aromatic heterocycles. The number of aryl methyl sites for hydroxylation is 4. The second-order valence-corrected chi connectivity index (χ2v) is 21.7. The van der Waals surface area contributed by atoms with Gasteiger partial charge in [0.1, 0.15) is 5.57 Å². The van der Waals surface area contributed by atoms with E-state index in [0.717, 1.165) is 66.6 Å². The number of unbranched alkanes of at least 4 members (excludes halogenated alkanes) is 21. The monoisotopic (exact) mass is 975 g/mol. The maximum atomic E-state index is 12.6. The Morgan fingerprint density at radius 1 is 0.397 bits per heavy atom. The predicted molar refractivity (Wildman–Crippen MR) is 301 cm³/mol. The first-order valence-electron chi connectivity index (χ1n) is 29.6. The summed E-state index contributed by atoms with van der Waals surface area (Å²) in [5.41, 5.74) is 27.0. The Hall–Kier alpha value is -2.43. The van der Waals surface area contributed by atoms with Crippen LogP contribution in [0.1, 0.15) is 299 Å². The van der Waals surface area contributed by atoms with Gasteiger partial charge in [-0.1, -0.05) is 176 Å². The summed E-state index contributed by atoms with van der Waals surface area (Å²) in [6.07, 6.45) is 47.2. The molecule has 0 unspecified atom stereocenters. The van der Waals surface area contributed by atoms with Gasteiger partial charge in [-0.15, -0.1) is 0 Å². The molecule has 2 aromatic carbocycles. The number of nitrogens with zero attached hydrogens (tertiary/aromatic N) is 2. The molecule has 0 aliphatic carbocycles. The van der Waals surface area contributed by atoms with Crippen LogP contribution in [-0.2, 0) is 53.0 Å². The molecule has 2 nitrogen and oxygen atoms in total. The molecule has 0 amide bonds. The van der Waals surface area contributed by atoms with E-state index in [-0.39, 0.29) is 0 Å². The standard InChI is InChI=1S/C57H90N2.2C4H9.Ni/c1-8-15-22-29-35-47-42-52(43-48(36-30-23-16-9-2)54(47)40-33-26-19-12-5)56-46-51(39-28-21-14-7)57(59(56)58)53-44-49(37-31-24-17-10-3)55(41-34-27-20-13-6)50(45-53)38-32-25-18-11-4;2*1-3-4-2;/h42-46H,8-27,29-38,40-41H2,1-7H3;2*1,3-4H2,2H3;. The molecule has 0 atom stereocenters. The topological polar surface area (TPSA) is 25.3 Å². The van der Waals surface area contributed by atoms with Gasteiger partial charge in [0.05, 0.1) is 0 Å². The van der Waals surface area contributed by atoms with Crippen LogP contribution in [0.25, 0.3) is 16.9 Å². The third-order valence-corrected chi connectivity index (χ3v) is 15.3. The van der Waals surface area contributed by atoms with Crippen molar-refractivity contribution in [3.63, 3.8) is 0 Å². The van der Waals surface area contributed by atoms with Crippen molar-refractivity contribution in [2.45, 2.75) is 304 Å². The van der Waals surface area contributed by atoms with Crippen LogP contribution in [-0.4, -0.2) is 4.70 Å². The fraction of sp³-hybridized carbons (Fsp3) is 0.723. The van der Waals surface area contributed by atoms with Crippen LogP contribution in [0.5, 0.6) is 0 Å². The van der Waals surface area contributed by atoms with Gasteiger partial charge < -0.3 is 5.53 Å². The zero-order valence-corrected chi connectivity index (χ0v) is 47.5. The van der Waals surface area contributed by atoms with Crippen molar-refractivity contribution in [1.29, 1.82) is 0 Å². The maximum absolute atomic E-state index is 12.6. The first-order chi connectivity index (χ1) is 33.4. The zero-order valence-electron chi connectivity index (χ0n) is 46.5. The molecular weight excluding hydrogens is 867 g/mol. The third kappa shape index (κ3) is 24.6. The van der Waals surface area contributed by atoms with Crippen LogP contribution in [0, 0.1) is 11.8 Å². The average Bonchev–Trinajstić information content (AvgIpc) is 3.68. The van der Waals surface area contributed by atoms with Gasteiger partial charge in [0, 0.05) is 23.6 Å². The summed E-state index contributed by atoms with van der Waals surface area (Å²) in [5, 5.41) is 2.78. The van der Waals surface area contributed by atoms with E-state index in [2.05, 4.69) is 104 Å². The molecule has 68 heavy (non-hydrogen) atoms. The Morgan fingerprint density at radius 3 is 1.07 bits per heavy atom. The summed E-state index contributed by atoms with van der Waals surface area (Å²) >= 11 is 1.94. The van der Waals surface area contributed by atoms with Gasteiger partial charge in [-0.25, -0.2) is 4.70 Å². The molecule has 0 radical (unpaired) electrons. The second-order valence-electron chi connectivity index (χ2n) is 20.2. The van der Waals surface area contributed by atoms with E-state index in [9.17, 15) is 5.53 Å². The average molecular weight is 976 g/mol. The summed E-state index contributed by atoms with van der Waals surface area (Å²) in [7, 11) is 0. The molecule has 0 fully saturated rings. The molecule has 388 valence electrons. The molecule has 0 saturated carbocycles. The van der Waals surface area contributed by atoms with Crippen LogP contribution in [0.4, 0.5) is 0 Å². The van der Waals surface area contributed by atoms with E-state index >= 15 is 0 Å². The molecule has 3 heteroatoms. The molecule has 0 saturated heterocycles. The first-order valence-corrected chi connectivity index (χ1v) is 31.0. The van der Waals surface area contributed by atoms with Crippen LogP contribution in [0.15, 0.2) is 35.9 Å². The predicted octanol–water partition coefficient (Wildman–Crippen LogP) is 21.5. The van der Waals surface area contributed by atoms with E-state index in [1.807, 2.05) is 14.4 Å². The van der Waals surface area contributed by atoms with Crippen LogP contribution < -0.4 is 0 Å². The Morgan fingerprint density at radius 2 is 0.735 bits per heavy atom. The Labute approximate surface area is 430 Å². The van der Waals surface area contributed by atoms with Gasteiger partial charge in [0.2, 0.25) is 11.4 Å². The van der Waals surface area contributed by atoms with Crippen molar-refractivity contribution in [3.8, 4) is 11.8 Å². The van der Waals surface area contributed by atoms with E-state index in [1.54, 1.807) is 15.8 Å². The summed E-state index contributed by atoms with van der Waals surface area (Å²) in [6, 6.07) is 9.91. The van der Waals surface area contributed by atoms with Gasteiger partial charge >= 0.3 is 64.8 Å². The number of hydrogen-bond acceptors (Lipinski definition) is 0. The Balaban J connectivity index is 0.00000159. The molecule has 0 N–H and O–H groups in total. The SMILES string of the molecule is CCCC#CC1=C(c2cc(CCCCCC)c(CCCCCC)c(CCCCCC)c2)[N+](=[N-])C(c2cc(CCCCCC)c(CCCCCC)c(CCCCCC)c2)=C1.CCC[CH2][Ni][CH2]CCC. The normalized spacial score (nSPS) is 12.4. The van der Waals surface area contributed by atoms with Crippen molar-refractivity contribution in [1.82, 2.24) is 0 Å². The van der Waals surface area contributed by atoms with Gasteiger partial charge in [0.25, 0.3) is 0 Å². The van der Waals surface area contributed by atoms with Crippen LogP contribution in [0.3, 0.4) is 0 Å². The van der Waals surface area contributed by atoms with E-state index in [4.69, 9.17) is 0 Å². The van der Waals surface area contributed by atoms with Crippen molar-refractivity contribution < 1.29 is 19.1 Å². The zero-order chi connectivity index (χ0) is 49.5. The van der Waals surface area contributed by atoms with Crippen LogP contribution >= 0.6 is 0 Å². The van der Waals surface area contributed by atoms with Gasteiger partial charge in [-0.3, -0.25) is 0 Å². The van der Waals surface area contributed by atoms with Crippen molar-refractivity contribution >= 4 is 11.4 Å². The molecule has 2 aromatic rings. The summed E-state index contributed by atoms with van der Waals surface area (Å²) in [5.74, 6) is 7.11. The third-order valence-electron chi connectivity index (χ3n) is 13.9. The molecule has 1 aliphatic rings. The molecule has 0 spiro atoms. The van der Waals surface area contributed by atoms with E-state index < -0.39 is 0 Å². The molecule has 3 rings (SSSR count). The van der Waals surface area contributed by atoms with Crippen molar-refractivity contribution in [3.05, 3.63) is 86.0 Å². The minimum absolute atomic E-state index is 0.865. The summed E-state index contributed by atoms with van der Waals surface area (Å²) in [6.45, 7) is 20.6. The summed E-state index contributed by atoms with van der Waals surface area (Å²) in [4.78, 5) is 0. The van der Waals surface area contributed by atoms with Crippen LogP contribution in [0.2, 0.25) is 10.8 Å². The number of hydrogen-bond donors (Lipinski definition) is 0.